The van der Waals surface area contributed by atoms with Crippen LogP contribution in [0.1, 0.15) is 18.6 Å². The molecule has 1 atom stereocenters. The highest BCUT2D eigenvalue weighted by Gasteiger charge is 2.17. The number of hydrogen-bond donors (Lipinski definition) is 1. The number of benzene rings is 1. The molecule has 5 nitrogen and oxygen atoms in total. The molecular weight excluding hydrogens is 319 g/mol. The second-order valence-electron chi connectivity index (χ2n) is 3.83. The molecule has 1 heterocycles. The van der Waals surface area contributed by atoms with E-state index in [1.807, 2.05) is 0 Å². The van der Waals surface area contributed by atoms with E-state index >= 15 is 0 Å². The summed E-state index contributed by atoms with van der Waals surface area (Å²) in [6, 6.07) is 5.91. The smallest absolute Gasteiger partial charge is 0.450 e. The molecule has 0 amide bonds. The first-order valence-corrected chi connectivity index (χ1v) is 6.17. The maximum Gasteiger partial charge on any atom is 0.506 e. The lowest BCUT2D eigenvalue weighted by Crippen LogP contribution is -2.05. The Labute approximate surface area is 116 Å². The summed E-state index contributed by atoms with van der Waals surface area (Å²) in [4.78, 5) is 10.5. The minimum absolute atomic E-state index is 0.375. The monoisotopic (exact) mass is 328 g/mol. The van der Waals surface area contributed by atoms with Crippen molar-refractivity contribution in [2.45, 2.75) is 13.0 Å². The average molecular weight is 329 g/mol. The van der Waals surface area contributed by atoms with Gasteiger partial charge in [0.25, 0.3) is 0 Å². The molecule has 1 aromatic heterocycles. The van der Waals surface area contributed by atoms with Crippen LogP contribution in [0.4, 0.5) is 9.18 Å². The van der Waals surface area contributed by atoms with Crippen LogP contribution >= 0.6 is 15.9 Å². The van der Waals surface area contributed by atoms with Gasteiger partial charge >= 0.3 is 6.16 Å². The topological polar surface area (TPSA) is 64.3 Å². The van der Waals surface area contributed by atoms with Gasteiger partial charge in [0.15, 0.2) is 0 Å². The zero-order valence-electron chi connectivity index (χ0n) is 9.88. The standard InChI is InChI=1S/C12H10BrFN2O3/c1-7(19-12(17)18)10-6-16(15-11(10)13)9-4-2-3-8(14)5-9/h2-7H,1H3,(H,17,18). The van der Waals surface area contributed by atoms with Crippen molar-refractivity contribution in [1.82, 2.24) is 9.78 Å². The Hall–Kier alpha value is -1.89. The Morgan fingerprint density at radius 1 is 1.58 bits per heavy atom. The summed E-state index contributed by atoms with van der Waals surface area (Å²) < 4.78 is 19.7. The molecule has 0 spiro atoms. The van der Waals surface area contributed by atoms with Gasteiger partial charge in [-0.2, -0.15) is 5.10 Å². The fraction of sp³-hybridized carbons (Fsp3) is 0.167. The number of halogens is 2. The van der Waals surface area contributed by atoms with Gasteiger partial charge in [-0.1, -0.05) is 6.07 Å². The summed E-state index contributed by atoms with van der Waals surface area (Å²) in [6.45, 7) is 1.59. The molecule has 1 unspecified atom stereocenters. The summed E-state index contributed by atoms with van der Waals surface area (Å²) in [7, 11) is 0. The van der Waals surface area contributed by atoms with Gasteiger partial charge in [0.05, 0.1) is 5.69 Å². The molecule has 0 bridgehead atoms. The molecule has 0 fully saturated rings. The molecule has 2 aromatic rings. The van der Waals surface area contributed by atoms with Gasteiger partial charge in [-0.15, -0.1) is 0 Å². The summed E-state index contributed by atoms with van der Waals surface area (Å²) in [6.07, 6.45) is -0.445. The lowest BCUT2D eigenvalue weighted by atomic mass is 10.2. The van der Waals surface area contributed by atoms with Crippen LogP contribution in [0, 0.1) is 5.82 Å². The van der Waals surface area contributed by atoms with Crippen LogP contribution in [-0.2, 0) is 4.74 Å². The highest BCUT2D eigenvalue weighted by molar-refractivity contribution is 9.10. The molecule has 2 rings (SSSR count). The van der Waals surface area contributed by atoms with E-state index in [1.54, 1.807) is 25.3 Å². The molecule has 1 N–H and O–H groups in total. The van der Waals surface area contributed by atoms with Gasteiger partial charge < -0.3 is 9.84 Å². The van der Waals surface area contributed by atoms with Gasteiger partial charge in [0.1, 0.15) is 16.5 Å². The van der Waals surface area contributed by atoms with Gasteiger partial charge in [0, 0.05) is 11.8 Å². The minimum atomic E-state index is -1.36. The number of nitrogens with zero attached hydrogens (tertiary/aromatic N) is 2. The van der Waals surface area contributed by atoms with Crippen LogP contribution in [0.3, 0.4) is 0 Å². The first-order chi connectivity index (χ1) is 8.97. The number of aromatic nitrogens is 2. The third-order valence-corrected chi connectivity index (χ3v) is 3.10. The number of ether oxygens (including phenoxy) is 1. The first kappa shape index (κ1) is 13.5. The normalized spacial score (nSPS) is 12.2. The molecule has 0 aliphatic heterocycles. The van der Waals surface area contributed by atoms with E-state index in [-0.39, 0.29) is 5.82 Å². The number of rotatable bonds is 3. The van der Waals surface area contributed by atoms with Gasteiger partial charge in [-0.25, -0.2) is 13.9 Å². The van der Waals surface area contributed by atoms with Crippen LogP contribution in [0.15, 0.2) is 35.1 Å². The molecule has 19 heavy (non-hydrogen) atoms. The Kier molecular flexibility index (Phi) is 3.84. The third-order valence-electron chi connectivity index (χ3n) is 2.48. The van der Waals surface area contributed by atoms with Crippen molar-refractivity contribution >= 4 is 22.1 Å². The van der Waals surface area contributed by atoms with Crippen molar-refractivity contribution in [2.24, 2.45) is 0 Å². The molecule has 7 heteroatoms. The molecule has 0 radical (unpaired) electrons. The Balaban J connectivity index is 2.33. The molecule has 0 aliphatic carbocycles. The van der Waals surface area contributed by atoms with Gasteiger partial charge in [-0.3, -0.25) is 0 Å². The van der Waals surface area contributed by atoms with Crippen LogP contribution < -0.4 is 0 Å². The van der Waals surface area contributed by atoms with Gasteiger partial charge in [-0.05, 0) is 41.1 Å². The lowest BCUT2D eigenvalue weighted by molar-refractivity contribution is 0.0584. The summed E-state index contributed by atoms with van der Waals surface area (Å²) in [5.74, 6) is -0.375. The second kappa shape index (κ2) is 5.40. The zero-order chi connectivity index (χ0) is 14.0. The second-order valence-corrected chi connectivity index (χ2v) is 4.58. The van der Waals surface area contributed by atoms with Crippen molar-refractivity contribution in [3.8, 4) is 5.69 Å². The minimum Gasteiger partial charge on any atom is -0.450 e. The highest BCUT2D eigenvalue weighted by atomic mass is 79.9. The van der Waals surface area contributed by atoms with E-state index in [1.165, 1.54) is 16.8 Å². The lowest BCUT2D eigenvalue weighted by Gasteiger charge is -2.08. The molecule has 0 saturated heterocycles. The summed E-state index contributed by atoms with van der Waals surface area (Å²) in [5.41, 5.74) is 1.10. The van der Waals surface area contributed by atoms with Crippen molar-refractivity contribution in [3.05, 3.63) is 46.4 Å². The third kappa shape index (κ3) is 3.11. The highest BCUT2D eigenvalue weighted by Crippen LogP contribution is 2.26. The number of carbonyl (C=O) groups is 1. The Morgan fingerprint density at radius 3 is 2.95 bits per heavy atom. The quantitative estimate of drug-likeness (QED) is 0.875. The van der Waals surface area contributed by atoms with Crippen LogP contribution in [0.5, 0.6) is 0 Å². The van der Waals surface area contributed by atoms with E-state index in [9.17, 15) is 9.18 Å². The number of hydrogen-bond acceptors (Lipinski definition) is 3. The SMILES string of the molecule is CC(OC(=O)O)c1cn(-c2cccc(F)c2)nc1Br. The fourth-order valence-electron chi connectivity index (χ4n) is 1.60. The average Bonchev–Trinajstić information content (AvgIpc) is 2.70. The van der Waals surface area contributed by atoms with E-state index in [2.05, 4.69) is 25.8 Å². The van der Waals surface area contributed by atoms with Crippen molar-refractivity contribution in [3.63, 3.8) is 0 Å². The fourth-order valence-corrected chi connectivity index (χ4v) is 2.20. The molecule has 0 aliphatic rings. The van der Waals surface area contributed by atoms with E-state index in [4.69, 9.17) is 5.11 Å². The predicted octanol–water partition coefficient (Wildman–Crippen LogP) is 3.53. The molecule has 100 valence electrons. The Morgan fingerprint density at radius 2 is 2.32 bits per heavy atom. The van der Waals surface area contributed by atoms with E-state index in [0.717, 1.165) is 0 Å². The Bertz CT molecular complexity index is 615. The van der Waals surface area contributed by atoms with Crippen LogP contribution in [0.2, 0.25) is 0 Å². The molecule has 1 aromatic carbocycles. The van der Waals surface area contributed by atoms with Crippen LogP contribution in [-0.4, -0.2) is 21.0 Å². The zero-order valence-corrected chi connectivity index (χ0v) is 11.5. The maximum atomic E-state index is 13.1. The first-order valence-electron chi connectivity index (χ1n) is 5.38. The predicted molar refractivity (Wildman–Crippen MR) is 68.7 cm³/mol. The number of carboxylic acid groups (broad SMARTS) is 1. The van der Waals surface area contributed by atoms with Crippen molar-refractivity contribution in [2.75, 3.05) is 0 Å². The largest absolute Gasteiger partial charge is 0.506 e. The van der Waals surface area contributed by atoms with Crippen molar-refractivity contribution in [1.29, 1.82) is 0 Å². The summed E-state index contributed by atoms with van der Waals surface area (Å²) >= 11 is 3.22. The van der Waals surface area contributed by atoms with E-state index < -0.39 is 12.3 Å². The summed E-state index contributed by atoms with van der Waals surface area (Å²) in [5, 5.41) is 12.7. The van der Waals surface area contributed by atoms with Crippen molar-refractivity contribution < 1.29 is 19.0 Å². The van der Waals surface area contributed by atoms with Crippen LogP contribution in [0.25, 0.3) is 5.69 Å². The van der Waals surface area contributed by atoms with E-state index in [0.29, 0.717) is 15.9 Å². The maximum absolute atomic E-state index is 13.1. The molecular formula is C12H10BrFN2O3. The van der Waals surface area contributed by atoms with Gasteiger partial charge in [0.2, 0.25) is 0 Å². The molecule has 0 saturated carbocycles.